The molecule has 1 atom stereocenters. The number of carboxylic acid groups (broad SMARTS) is 2. The van der Waals surface area contributed by atoms with E-state index in [0.717, 1.165) is 23.5 Å². The molecule has 0 fully saturated rings. The molecule has 2 aromatic rings. The molecule has 0 saturated heterocycles. The highest BCUT2D eigenvalue weighted by molar-refractivity contribution is 7.11. The minimum Gasteiger partial charge on any atom is -0.480 e. The van der Waals surface area contributed by atoms with Gasteiger partial charge >= 0.3 is 18.1 Å². The molecule has 1 aliphatic rings. The van der Waals surface area contributed by atoms with Gasteiger partial charge in [0.1, 0.15) is 11.4 Å². The Kier molecular flexibility index (Phi) is 6.84. The van der Waals surface area contributed by atoms with Crippen molar-refractivity contribution in [2.75, 3.05) is 19.6 Å². The van der Waals surface area contributed by atoms with Crippen LogP contribution in [0.3, 0.4) is 0 Å². The number of nitrogens with zero attached hydrogens (tertiary/aromatic N) is 3. The number of halogens is 4. The lowest BCUT2D eigenvalue weighted by Crippen LogP contribution is -2.47. The van der Waals surface area contributed by atoms with Gasteiger partial charge in [-0.25, -0.2) is 19.2 Å². The van der Waals surface area contributed by atoms with E-state index in [0.29, 0.717) is 9.91 Å². The van der Waals surface area contributed by atoms with Gasteiger partial charge in [-0.1, -0.05) is 12.1 Å². The SMILES string of the molecule is C[C@@]1(c2ccc(F)cc2)N=C(c2nccs2)NC(CN(CC(=O)O)CC(F)(F)F)=C1C(=O)O. The molecule has 0 spiro atoms. The first-order chi connectivity index (χ1) is 15.4. The van der Waals surface area contributed by atoms with E-state index in [-0.39, 0.29) is 17.1 Å². The highest BCUT2D eigenvalue weighted by Gasteiger charge is 2.43. The molecule has 8 nitrogen and oxygen atoms in total. The normalized spacial score (nSPS) is 18.8. The Morgan fingerprint density at radius 2 is 1.88 bits per heavy atom. The highest BCUT2D eigenvalue weighted by atomic mass is 32.1. The Morgan fingerprint density at radius 1 is 1.21 bits per heavy atom. The van der Waals surface area contributed by atoms with Gasteiger partial charge in [0.05, 0.1) is 18.7 Å². The third-order valence-electron chi connectivity index (χ3n) is 4.79. The molecule has 0 amide bonds. The molecule has 1 aromatic carbocycles. The average molecular weight is 486 g/mol. The van der Waals surface area contributed by atoms with Gasteiger partial charge in [0, 0.05) is 23.8 Å². The van der Waals surface area contributed by atoms with Crippen molar-refractivity contribution in [3.63, 3.8) is 0 Å². The number of rotatable bonds is 8. The maximum Gasteiger partial charge on any atom is 0.401 e. The molecule has 0 saturated carbocycles. The fourth-order valence-corrected chi connectivity index (χ4v) is 4.10. The predicted molar refractivity (Wildman–Crippen MR) is 110 cm³/mol. The smallest absolute Gasteiger partial charge is 0.401 e. The van der Waals surface area contributed by atoms with Crippen molar-refractivity contribution in [2.45, 2.75) is 18.6 Å². The zero-order valence-corrected chi connectivity index (χ0v) is 17.9. The molecular weight excluding hydrogens is 468 g/mol. The standard InChI is InChI=1S/C20H18F4N4O4S/c1-19(11-2-4-12(21)5-3-11)15(18(31)32)13(26-16(27-19)17-25-6-7-33-17)8-28(9-14(29)30)10-20(22,23)24/h2-7H,8-10H2,1H3,(H,26,27)(H,29,30)(H,31,32)/t19-/m0/s1. The number of hydrogen-bond donors (Lipinski definition) is 3. The number of aliphatic carboxylic acids is 2. The van der Waals surface area contributed by atoms with Crippen molar-refractivity contribution in [1.82, 2.24) is 15.2 Å². The van der Waals surface area contributed by atoms with E-state index >= 15 is 0 Å². The lowest BCUT2D eigenvalue weighted by molar-refractivity contribution is -0.153. The Balaban J connectivity index is 2.16. The van der Waals surface area contributed by atoms with Crippen molar-refractivity contribution in [3.05, 3.63) is 63.5 Å². The number of amidine groups is 1. The molecule has 33 heavy (non-hydrogen) atoms. The van der Waals surface area contributed by atoms with Gasteiger partial charge in [-0.05, 0) is 24.6 Å². The summed E-state index contributed by atoms with van der Waals surface area (Å²) >= 11 is 1.16. The van der Waals surface area contributed by atoms with Crippen LogP contribution >= 0.6 is 11.3 Å². The molecule has 1 aliphatic heterocycles. The lowest BCUT2D eigenvalue weighted by Gasteiger charge is -2.35. The molecule has 13 heteroatoms. The van der Waals surface area contributed by atoms with Gasteiger partial charge in [-0.2, -0.15) is 13.2 Å². The number of thiazole rings is 1. The Bertz CT molecular complexity index is 1100. The largest absolute Gasteiger partial charge is 0.480 e. The molecule has 0 bridgehead atoms. The summed E-state index contributed by atoms with van der Waals surface area (Å²) in [6, 6.07) is 4.88. The molecule has 0 aliphatic carbocycles. The summed E-state index contributed by atoms with van der Waals surface area (Å²) in [4.78, 5) is 32.6. The minimum atomic E-state index is -4.72. The fourth-order valence-electron chi connectivity index (χ4n) is 3.52. The van der Waals surface area contributed by atoms with Crippen molar-refractivity contribution in [1.29, 1.82) is 0 Å². The van der Waals surface area contributed by atoms with Gasteiger partial charge < -0.3 is 15.5 Å². The predicted octanol–water partition coefficient (Wildman–Crippen LogP) is 2.83. The summed E-state index contributed by atoms with van der Waals surface area (Å²) in [5.41, 5.74) is -1.93. The van der Waals surface area contributed by atoms with E-state index < -0.39 is 54.7 Å². The van der Waals surface area contributed by atoms with Gasteiger partial charge in [-0.3, -0.25) is 9.69 Å². The summed E-state index contributed by atoms with van der Waals surface area (Å²) in [6.45, 7) is -1.79. The van der Waals surface area contributed by atoms with Crippen LogP contribution in [0.2, 0.25) is 0 Å². The van der Waals surface area contributed by atoms with Crippen LogP contribution in [0.5, 0.6) is 0 Å². The molecule has 3 N–H and O–H groups in total. The maximum atomic E-state index is 13.5. The van der Waals surface area contributed by atoms with Crippen molar-refractivity contribution in [2.24, 2.45) is 4.99 Å². The average Bonchev–Trinajstić information content (AvgIpc) is 3.20. The van der Waals surface area contributed by atoms with Crippen LogP contribution in [-0.2, 0) is 15.1 Å². The monoisotopic (exact) mass is 486 g/mol. The van der Waals surface area contributed by atoms with Gasteiger partial charge in [0.25, 0.3) is 0 Å². The molecule has 0 radical (unpaired) electrons. The van der Waals surface area contributed by atoms with Crippen LogP contribution in [0.1, 0.15) is 17.5 Å². The number of benzene rings is 1. The van der Waals surface area contributed by atoms with Crippen LogP contribution < -0.4 is 5.32 Å². The first-order valence-corrected chi connectivity index (χ1v) is 10.3. The lowest BCUT2D eigenvalue weighted by atomic mass is 9.82. The van der Waals surface area contributed by atoms with Crippen LogP contribution in [0.25, 0.3) is 0 Å². The summed E-state index contributed by atoms with van der Waals surface area (Å²) in [5, 5.41) is 23.8. The first-order valence-electron chi connectivity index (χ1n) is 9.39. The number of hydrogen-bond acceptors (Lipinski definition) is 7. The van der Waals surface area contributed by atoms with E-state index in [1.807, 2.05) is 0 Å². The summed E-state index contributed by atoms with van der Waals surface area (Å²) < 4.78 is 52.7. The molecule has 1 aromatic heterocycles. The number of aromatic nitrogens is 1. The Labute approximate surface area is 188 Å². The second-order valence-corrected chi connectivity index (χ2v) is 8.21. The minimum absolute atomic E-state index is 0.0964. The second kappa shape index (κ2) is 9.27. The number of alkyl halides is 3. The van der Waals surface area contributed by atoms with E-state index in [1.54, 1.807) is 5.38 Å². The van der Waals surface area contributed by atoms with E-state index in [1.165, 1.54) is 25.3 Å². The fraction of sp³-hybridized carbons (Fsp3) is 0.300. The van der Waals surface area contributed by atoms with Crippen LogP contribution in [0.4, 0.5) is 17.6 Å². The summed E-state index contributed by atoms with van der Waals surface area (Å²) in [7, 11) is 0. The zero-order chi connectivity index (χ0) is 24.4. The molecule has 176 valence electrons. The van der Waals surface area contributed by atoms with Crippen LogP contribution in [0.15, 0.2) is 52.1 Å². The number of nitrogens with one attached hydrogen (secondary N) is 1. The van der Waals surface area contributed by atoms with Gasteiger partial charge in [0.2, 0.25) is 0 Å². The second-order valence-electron chi connectivity index (χ2n) is 7.31. The maximum absolute atomic E-state index is 13.5. The Morgan fingerprint density at radius 3 is 2.39 bits per heavy atom. The van der Waals surface area contributed by atoms with Crippen molar-refractivity contribution < 1.29 is 37.4 Å². The zero-order valence-electron chi connectivity index (χ0n) is 17.1. The van der Waals surface area contributed by atoms with E-state index in [4.69, 9.17) is 5.11 Å². The topological polar surface area (TPSA) is 115 Å². The molecule has 2 heterocycles. The summed E-state index contributed by atoms with van der Waals surface area (Å²) in [5.74, 6) is -3.46. The summed E-state index contributed by atoms with van der Waals surface area (Å²) in [6.07, 6.45) is -3.25. The van der Waals surface area contributed by atoms with Gasteiger partial charge in [-0.15, -0.1) is 11.3 Å². The highest BCUT2D eigenvalue weighted by Crippen LogP contribution is 2.38. The Hall–Kier alpha value is -3.32. The van der Waals surface area contributed by atoms with E-state index in [2.05, 4.69) is 15.3 Å². The van der Waals surface area contributed by atoms with E-state index in [9.17, 15) is 32.3 Å². The molecule has 3 rings (SSSR count). The third-order valence-corrected chi connectivity index (χ3v) is 5.57. The van der Waals surface area contributed by atoms with Crippen molar-refractivity contribution >= 4 is 29.1 Å². The quantitative estimate of drug-likeness (QED) is 0.492. The molecule has 0 unspecified atom stereocenters. The van der Waals surface area contributed by atoms with Crippen LogP contribution in [0, 0.1) is 5.82 Å². The number of carbonyl (C=O) groups is 2. The van der Waals surface area contributed by atoms with Gasteiger partial charge in [0.15, 0.2) is 10.8 Å². The number of aliphatic imine (C=N–C) groups is 1. The first kappa shape index (κ1) is 24.3. The van der Waals surface area contributed by atoms with Crippen molar-refractivity contribution in [3.8, 4) is 0 Å². The molecular formula is C20H18F4N4O4S. The third kappa shape index (κ3) is 5.73. The number of carboxylic acids is 2. The van der Waals surface area contributed by atoms with Crippen LogP contribution in [-0.4, -0.2) is 63.7 Å².